The minimum Gasteiger partial charge on any atom is -0.478 e. The van der Waals surface area contributed by atoms with Gasteiger partial charge in [-0.3, -0.25) is 0 Å². The van der Waals surface area contributed by atoms with Gasteiger partial charge in [0.15, 0.2) is 0 Å². The summed E-state index contributed by atoms with van der Waals surface area (Å²) in [5.41, 5.74) is 0. The number of carbonyl (C=O) groups is 3. The van der Waals surface area contributed by atoms with Crippen LogP contribution in [0.3, 0.4) is 0 Å². The first-order valence-electron chi connectivity index (χ1n) is 2.85. The van der Waals surface area contributed by atoms with Gasteiger partial charge in [0.2, 0.25) is 12.2 Å². The lowest BCUT2D eigenvalue weighted by Gasteiger charge is -2.04. The van der Waals surface area contributed by atoms with Gasteiger partial charge >= 0.3 is 18.1 Å². The van der Waals surface area contributed by atoms with Crippen molar-refractivity contribution in [3.8, 4) is 0 Å². The van der Waals surface area contributed by atoms with Crippen molar-refractivity contribution in [2.75, 3.05) is 0 Å². The first-order chi connectivity index (χ1) is 5.52. The molecule has 0 unspecified atom stereocenters. The van der Waals surface area contributed by atoms with Crippen LogP contribution in [0, 0.1) is 0 Å². The Hall–Kier alpha value is -1.79. The van der Waals surface area contributed by atoms with Crippen molar-refractivity contribution in [2.24, 2.45) is 0 Å². The fraction of sp³-hybridized carbons (Fsp3) is 0.400. The molecule has 0 aromatic rings. The Balaban J connectivity index is 2.79. The number of ether oxygens (including phenoxy) is 2. The molecule has 1 saturated heterocycles. The molecule has 0 amide bonds. The van der Waals surface area contributed by atoms with Crippen molar-refractivity contribution in [2.45, 2.75) is 12.2 Å². The standard InChI is InChI=1S/C5H4O7/c6-3(7)1-2(4(8)9)12-5(10)11-1/h1-2H,(H,6,7)(H,8,9)/t1-,2-/m0/s1. The van der Waals surface area contributed by atoms with Gasteiger partial charge in [-0.15, -0.1) is 0 Å². The molecule has 2 atom stereocenters. The molecule has 0 spiro atoms. The minimum atomic E-state index is -1.75. The summed E-state index contributed by atoms with van der Waals surface area (Å²) in [4.78, 5) is 30.8. The van der Waals surface area contributed by atoms with Gasteiger partial charge in [0.1, 0.15) is 0 Å². The highest BCUT2D eigenvalue weighted by molar-refractivity contribution is 5.88. The van der Waals surface area contributed by atoms with E-state index in [1.807, 2.05) is 0 Å². The normalized spacial score (nSPS) is 27.5. The molecule has 0 bridgehead atoms. The Bertz CT molecular complexity index is 220. The van der Waals surface area contributed by atoms with Crippen molar-refractivity contribution < 1.29 is 34.1 Å². The van der Waals surface area contributed by atoms with Crippen LogP contribution in [0.25, 0.3) is 0 Å². The number of hydrogen-bond acceptors (Lipinski definition) is 5. The lowest BCUT2D eigenvalue weighted by atomic mass is 10.2. The second-order valence-corrected chi connectivity index (χ2v) is 2.00. The van der Waals surface area contributed by atoms with Crippen molar-refractivity contribution in [3.63, 3.8) is 0 Å². The van der Waals surface area contributed by atoms with E-state index in [2.05, 4.69) is 9.47 Å². The van der Waals surface area contributed by atoms with Crippen LogP contribution in [0.5, 0.6) is 0 Å². The van der Waals surface area contributed by atoms with Crippen LogP contribution >= 0.6 is 0 Å². The monoisotopic (exact) mass is 176 g/mol. The summed E-state index contributed by atoms with van der Waals surface area (Å²) in [6.45, 7) is 0. The molecule has 2 N–H and O–H groups in total. The predicted octanol–water partition coefficient (Wildman–Crippen LogP) is -0.940. The molecule has 66 valence electrons. The summed E-state index contributed by atoms with van der Waals surface area (Å²) in [5.74, 6) is -3.10. The number of carbonyl (C=O) groups excluding carboxylic acids is 1. The van der Waals surface area contributed by atoms with Crippen LogP contribution in [0.2, 0.25) is 0 Å². The fourth-order valence-electron chi connectivity index (χ4n) is 0.719. The maximum Gasteiger partial charge on any atom is 0.510 e. The topological polar surface area (TPSA) is 110 Å². The van der Waals surface area contributed by atoms with E-state index < -0.39 is 30.3 Å². The average molecular weight is 176 g/mol. The fourth-order valence-corrected chi connectivity index (χ4v) is 0.719. The van der Waals surface area contributed by atoms with E-state index in [1.54, 1.807) is 0 Å². The number of cyclic esters (lactones) is 2. The van der Waals surface area contributed by atoms with Gasteiger partial charge in [0.05, 0.1) is 0 Å². The van der Waals surface area contributed by atoms with Crippen molar-refractivity contribution in [1.29, 1.82) is 0 Å². The molecule has 7 nitrogen and oxygen atoms in total. The molecule has 7 heteroatoms. The Morgan fingerprint density at radius 1 is 1.08 bits per heavy atom. The molecule has 1 fully saturated rings. The molecule has 0 aliphatic carbocycles. The van der Waals surface area contributed by atoms with Gasteiger partial charge in [-0.05, 0) is 0 Å². The van der Waals surface area contributed by atoms with Crippen LogP contribution in [0.4, 0.5) is 4.79 Å². The predicted molar refractivity (Wildman–Crippen MR) is 30.4 cm³/mol. The quantitative estimate of drug-likeness (QED) is 0.522. The number of carboxylic acids is 2. The minimum absolute atomic E-state index is 1.28. The summed E-state index contributed by atoms with van der Waals surface area (Å²) in [7, 11) is 0. The maximum absolute atomic E-state index is 10.3. The molecule has 1 rings (SSSR count). The Morgan fingerprint density at radius 3 is 1.67 bits per heavy atom. The van der Waals surface area contributed by atoms with E-state index in [0.29, 0.717) is 0 Å². The summed E-state index contributed by atoms with van der Waals surface area (Å²) in [5, 5.41) is 16.7. The molecular weight excluding hydrogens is 172 g/mol. The second kappa shape index (κ2) is 2.68. The van der Waals surface area contributed by atoms with Crippen LogP contribution in [-0.4, -0.2) is 40.5 Å². The molecule has 1 aliphatic rings. The second-order valence-electron chi connectivity index (χ2n) is 2.00. The van der Waals surface area contributed by atoms with E-state index >= 15 is 0 Å². The average Bonchev–Trinajstić information content (AvgIpc) is 2.31. The Kier molecular flexibility index (Phi) is 1.86. The van der Waals surface area contributed by atoms with Gasteiger partial charge < -0.3 is 19.7 Å². The molecule has 0 saturated carbocycles. The number of carboxylic acid groups (broad SMARTS) is 2. The number of rotatable bonds is 2. The zero-order chi connectivity index (χ0) is 9.30. The third kappa shape index (κ3) is 1.29. The van der Waals surface area contributed by atoms with Gasteiger partial charge in [0.25, 0.3) is 0 Å². The van der Waals surface area contributed by atoms with E-state index in [1.165, 1.54) is 0 Å². The van der Waals surface area contributed by atoms with E-state index in [0.717, 1.165) is 0 Å². The van der Waals surface area contributed by atoms with Gasteiger partial charge in [-0.2, -0.15) is 0 Å². The zero-order valence-electron chi connectivity index (χ0n) is 5.59. The lowest BCUT2D eigenvalue weighted by Crippen LogP contribution is -2.36. The maximum atomic E-state index is 10.3. The molecule has 0 aromatic heterocycles. The van der Waals surface area contributed by atoms with Crippen molar-refractivity contribution in [3.05, 3.63) is 0 Å². The van der Waals surface area contributed by atoms with Crippen LogP contribution in [0.15, 0.2) is 0 Å². The van der Waals surface area contributed by atoms with Gasteiger partial charge in [0, 0.05) is 0 Å². The van der Waals surface area contributed by atoms with Crippen molar-refractivity contribution in [1.82, 2.24) is 0 Å². The SMILES string of the molecule is O=C1O[C@H](C(=O)O)[C@@H](C(=O)O)O1. The van der Waals surface area contributed by atoms with Gasteiger partial charge in [-0.1, -0.05) is 0 Å². The summed E-state index contributed by atoms with van der Waals surface area (Å²) >= 11 is 0. The molecule has 1 heterocycles. The van der Waals surface area contributed by atoms with Gasteiger partial charge in [-0.25, -0.2) is 14.4 Å². The summed E-state index contributed by atoms with van der Waals surface area (Å²) in [6, 6.07) is 0. The summed E-state index contributed by atoms with van der Waals surface area (Å²) in [6.07, 6.45) is -4.79. The van der Waals surface area contributed by atoms with Crippen LogP contribution in [0.1, 0.15) is 0 Å². The third-order valence-corrected chi connectivity index (χ3v) is 1.21. The Morgan fingerprint density at radius 2 is 1.42 bits per heavy atom. The highest BCUT2D eigenvalue weighted by atomic mass is 16.8. The van der Waals surface area contributed by atoms with E-state index in [4.69, 9.17) is 10.2 Å². The number of aliphatic carboxylic acids is 2. The highest BCUT2D eigenvalue weighted by Crippen LogP contribution is 2.15. The number of hydrogen-bond donors (Lipinski definition) is 2. The largest absolute Gasteiger partial charge is 0.510 e. The molecular formula is C5H4O7. The van der Waals surface area contributed by atoms with Crippen LogP contribution in [-0.2, 0) is 19.1 Å². The molecule has 1 aliphatic heterocycles. The van der Waals surface area contributed by atoms with Crippen molar-refractivity contribution >= 4 is 18.1 Å². The van der Waals surface area contributed by atoms with E-state index in [9.17, 15) is 14.4 Å². The molecule has 12 heavy (non-hydrogen) atoms. The highest BCUT2D eigenvalue weighted by Gasteiger charge is 2.46. The van der Waals surface area contributed by atoms with Crippen LogP contribution < -0.4 is 0 Å². The van der Waals surface area contributed by atoms with E-state index in [-0.39, 0.29) is 0 Å². The Labute approximate surface area is 65.5 Å². The smallest absolute Gasteiger partial charge is 0.478 e. The first-order valence-corrected chi connectivity index (χ1v) is 2.85. The molecule has 0 aromatic carbocycles. The lowest BCUT2D eigenvalue weighted by molar-refractivity contribution is -0.156. The first kappa shape index (κ1) is 8.31. The third-order valence-electron chi connectivity index (χ3n) is 1.21. The molecule has 0 radical (unpaired) electrons. The zero-order valence-corrected chi connectivity index (χ0v) is 5.59. The summed E-state index contributed by atoms with van der Waals surface area (Å²) < 4.78 is 8.11.